The van der Waals surface area contributed by atoms with Crippen molar-refractivity contribution in [1.82, 2.24) is 4.90 Å². The Bertz CT molecular complexity index is 1190. The Labute approximate surface area is 256 Å². The number of fused-ring (bicyclic) bond motifs is 3. The molecule has 1 saturated carbocycles. The van der Waals surface area contributed by atoms with E-state index in [1.165, 1.54) is 36.6 Å². The third-order valence-corrected chi connectivity index (χ3v) is 15.5. The average molecular weight is 594 g/mol. The molecule has 0 N–H and O–H groups in total. The van der Waals surface area contributed by atoms with Crippen LogP contribution >= 0.6 is 0 Å². The van der Waals surface area contributed by atoms with Gasteiger partial charge >= 0.3 is 5.97 Å². The molecule has 232 valence electrons. The van der Waals surface area contributed by atoms with Crippen LogP contribution in [0.5, 0.6) is 5.75 Å². The van der Waals surface area contributed by atoms with Crippen LogP contribution in [0.1, 0.15) is 82.9 Å². The monoisotopic (exact) mass is 593 g/mol. The minimum Gasteiger partial charge on any atom is -0.489 e. The molecule has 42 heavy (non-hydrogen) atoms. The van der Waals surface area contributed by atoms with Gasteiger partial charge in [-0.25, -0.2) is 0 Å². The summed E-state index contributed by atoms with van der Waals surface area (Å²) in [6.45, 7) is 18.4. The van der Waals surface area contributed by atoms with Crippen molar-refractivity contribution >= 4 is 14.3 Å². The molecule has 1 fully saturated rings. The molecule has 0 unspecified atom stereocenters. The van der Waals surface area contributed by atoms with E-state index in [4.69, 9.17) is 13.9 Å². The number of hydrogen-bond donors (Lipinski definition) is 0. The van der Waals surface area contributed by atoms with Crippen LogP contribution in [-0.4, -0.2) is 52.5 Å². The van der Waals surface area contributed by atoms with E-state index in [1.54, 1.807) is 0 Å². The van der Waals surface area contributed by atoms with Crippen molar-refractivity contribution in [3.05, 3.63) is 65.2 Å². The Morgan fingerprint density at radius 1 is 1.12 bits per heavy atom. The first kappa shape index (κ1) is 32.8. The fourth-order valence-corrected chi connectivity index (χ4v) is 8.32. The fraction of sp³-hybridized carbons (Fsp3) is 0.639. The smallest absolute Gasteiger partial charge is 0.322 e. The second kappa shape index (κ2) is 13.2. The molecule has 0 aromatic heterocycles. The molecule has 6 heteroatoms. The summed E-state index contributed by atoms with van der Waals surface area (Å²) in [6.07, 6.45) is 5.67. The van der Waals surface area contributed by atoms with Crippen molar-refractivity contribution in [1.29, 1.82) is 0 Å². The summed E-state index contributed by atoms with van der Waals surface area (Å²) < 4.78 is 18.0. The molecule has 0 bridgehead atoms. The Hall–Kier alpha value is -2.15. The van der Waals surface area contributed by atoms with Gasteiger partial charge < -0.3 is 13.9 Å². The molecule has 0 radical (unpaired) electrons. The number of ether oxygens (including phenoxy) is 2. The topological polar surface area (TPSA) is 48.0 Å². The third-order valence-electron chi connectivity index (χ3n) is 11.0. The van der Waals surface area contributed by atoms with Crippen molar-refractivity contribution < 1.29 is 18.7 Å². The molecule has 0 aliphatic heterocycles. The van der Waals surface area contributed by atoms with Gasteiger partial charge in [-0.3, -0.25) is 9.69 Å². The molecule has 0 spiro atoms. The van der Waals surface area contributed by atoms with E-state index in [9.17, 15) is 4.79 Å². The number of benzene rings is 2. The summed E-state index contributed by atoms with van der Waals surface area (Å²) in [7, 11) is 1.73. The minimum atomic E-state index is -1.83. The highest BCUT2D eigenvalue weighted by Crippen LogP contribution is 2.56. The van der Waals surface area contributed by atoms with Crippen LogP contribution < -0.4 is 4.74 Å². The molecule has 0 heterocycles. The molecule has 0 amide bonds. The second-order valence-corrected chi connectivity index (χ2v) is 19.6. The highest BCUT2D eigenvalue weighted by molar-refractivity contribution is 6.74. The van der Waals surface area contributed by atoms with Gasteiger partial charge in [0.2, 0.25) is 0 Å². The SMILES string of the molecule is COC(=O)[C@H](C)N(C)C[C@@]1(C)CC[C@@H]2c3ccc(OCc4ccccc4)cc3CC[C@H]2[C@@H]1CCO[Si](C)(C)C(C)(C)C. The van der Waals surface area contributed by atoms with Gasteiger partial charge in [0.1, 0.15) is 18.4 Å². The molecule has 4 rings (SSSR count). The van der Waals surface area contributed by atoms with Crippen LogP contribution in [0.25, 0.3) is 0 Å². The van der Waals surface area contributed by atoms with Crippen molar-refractivity contribution in [2.24, 2.45) is 17.3 Å². The molecule has 5 atom stereocenters. The lowest BCUT2D eigenvalue weighted by Crippen LogP contribution is -2.51. The summed E-state index contributed by atoms with van der Waals surface area (Å²) >= 11 is 0. The highest BCUT2D eigenvalue weighted by atomic mass is 28.4. The van der Waals surface area contributed by atoms with Gasteiger partial charge in [-0.2, -0.15) is 0 Å². The largest absolute Gasteiger partial charge is 0.489 e. The van der Waals surface area contributed by atoms with E-state index >= 15 is 0 Å². The Morgan fingerprint density at radius 2 is 1.83 bits per heavy atom. The summed E-state index contributed by atoms with van der Waals surface area (Å²) in [5.41, 5.74) is 4.27. The van der Waals surface area contributed by atoms with Gasteiger partial charge in [0, 0.05) is 13.2 Å². The molecule has 5 nitrogen and oxygen atoms in total. The summed E-state index contributed by atoms with van der Waals surface area (Å²) in [6, 6.07) is 17.0. The number of likely N-dealkylation sites (N-methyl/N-ethyl adjacent to an activating group) is 1. The molecule has 2 aliphatic carbocycles. The van der Waals surface area contributed by atoms with Gasteiger partial charge in [0.05, 0.1) is 7.11 Å². The zero-order valence-electron chi connectivity index (χ0n) is 27.7. The van der Waals surface area contributed by atoms with Crippen molar-refractivity contribution in [3.63, 3.8) is 0 Å². The van der Waals surface area contributed by atoms with Crippen LogP contribution in [0, 0.1) is 17.3 Å². The average Bonchev–Trinajstić information content (AvgIpc) is 2.95. The lowest BCUT2D eigenvalue weighted by atomic mass is 9.53. The Kier molecular flexibility index (Phi) is 10.3. The highest BCUT2D eigenvalue weighted by Gasteiger charge is 2.49. The number of hydrogen-bond acceptors (Lipinski definition) is 5. The number of methoxy groups -OCH3 is 1. The first-order valence-electron chi connectivity index (χ1n) is 16.0. The van der Waals surface area contributed by atoms with Crippen LogP contribution in [0.4, 0.5) is 0 Å². The van der Waals surface area contributed by atoms with Crippen LogP contribution in [0.15, 0.2) is 48.5 Å². The number of carbonyl (C=O) groups is 1. The van der Waals surface area contributed by atoms with Crippen LogP contribution in [0.3, 0.4) is 0 Å². The third kappa shape index (κ3) is 7.31. The Morgan fingerprint density at radius 3 is 2.50 bits per heavy atom. The standard InChI is InChI=1S/C36H55NO4Si/c1-26(34(38)39-7)37(6)25-36(5)21-19-31-30-18-16-29(40-24-27-13-11-10-12-14-27)23-28(30)15-17-32(31)33(36)20-22-41-42(8,9)35(2,3)4/h10-14,16,18,23,26,31-33H,15,17,19-22,24-25H2,1-9H3/t26-,31+,32+,33-,36+/m0/s1. The second-order valence-electron chi connectivity index (χ2n) is 14.8. The number of carbonyl (C=O) groups excluding carboxylic acids is 1. The maximum absolute atomic E-state index is 12.4. The zero-order valence-corrected chi connectivity index (χ0v) is 28.7. The molecule has 2 aromatic rings. The van der Waals surface area contributed by atoms with Gasteiger partial charge in [0.25, 0.3) is 0 Å². The van der Waals surface area contributed by atoms with E-state index < -0.39 is 8.32 Å². The Balaban J connectivity index is 1.54. The van der Waals surface area contributed by atoms with E-state index in [0.717, 1.165) is 38.2 Å². The maximum Gasteiger partial charge on any atom is 0.322 e. The summed E-state index contributed by atoms with van der Waals surface area (Å²) in [4.78, 5) is 14.6. The van der Waals surface area contributed by atoms with Crippen molar-refractivity contribution in [3.8, 4) is 5.75 Å². The normalized spacial score (nSPS) is 25.0. The number of rotatable bonds is 11. The first-order valence-corrected chi connectivity index (χ1v) is 18.9. The van der Waals surface area contributed by atoms with Crippen molar-refractivity contribution in [2.45, 2.75) is 103 Å². The van der Waals surface area contributed by atoms with Crippen molar-refractivity contribution in [2.75, 3.05) is 27.3 Å². The minimum absolute atomic E-state index is 0.102. The van der Waals surface area contributed by atoms with E-state index in [1.807, 2.05) is 13.0 Å². The zero-order chi connectivity index (χ0) is 30.7. The molecular formula is C36H55NO4Si. The molecular weight excluding hydrogens is 538 g/mol. The summed E-state index contributed by atoms with van der Waals surface area (Å²) in [5, 5.41) is 0.200. The van der Waals surface area contributed by atoms with Crippen LogP contribution in [0.2, 0.25) is 18.1 Å². The summed E-state index contributed by atoms with van der Waals surface area (Å²) in [5.74, 6) is 2.50. The fourth-order valence-electron chi connectivity index (χ4n) is 7.26. The number of esters is 1. The predicted octanol–water partition coefficient (Wildman–Crippen LogP) is 8.23. The first-order chi connectivity index (χ1) is 19.8. The quantitative estimate of drug-likeness (QED) is 0.194. The lowest BCUT2D eigenvalue weighted by molar-refractivity contribution is -0.146. The van der Waals surface area contributed by atoms with E-state index in [2.05, 4.69) is 95.2 Å². The molecule has 0 saturated heterocycles. The van der Waals surface area contributed by atoms with Gasteiger partial charge in [0.15, 0.2) is 8.32 Å². The van der Waals surface area contributed by atoms with Gasteiger partial charge in [-0.1, -0.05) is 64.1 Å². The van der Waals surface area contributed by atoms with Gasteiger partial charge in [-0.15, -0.1) is 0 Å². The van der Waals surface area contributed by atoms with E-state index in [0.29, 0.717) is 24.4 Å². The molecule has 2 aliphatic rings. The maximum atomic E-state index is 12.4. The molecule has 2 aromatic carbocycles. The van der Waals surface area contributed by atoms with Crippen LogP contribution in [-0.2, 0) is 27.0 Å². The number of nitrogens with zero attached hydrogens (tertiary/aromatic N) is 1. The predicted molar refractivity (Wildman–Crippen MR) is 174 cm³/mol. The van der Waals surface area contributed by atoms with Gasteiger partial charge in [-0.05, 0) is 116 Å². The van der Waals surface area contributed by atoms with E-state index in [-0.39, 0.29) is 22.5 Å². The lowest BCUT2D eigenvalue weighted by Gasteiger charge is -2.53. The number of aryl methyl sites for hydroxylation is 1.